The highest BCUT2D eigenvalue weighted by Gasteiger charge is 2.28. The molecule has 144 valence electrons. The van der Waals surface area contributed by atoms with Crippen LogP contribution in [0.1, 0.15) is 5.56 Å². The Labute approximate surface area is 167 Å². The molecule has 1 aliphatic rings. The van der Waals surface area contributed by atoms with E-state index in [0.717, 1.165) is 35.2 Å². The molecule has 1 aliphatic heterocycles. The van der Waals surface area contributed by atoms with Crippen LogP contribution in [0.3, 0.4) is 0 Å². The second-order valence-electron chi connectivity index (χ2n) is 6.83. The van der Waals surface area contributed by atoms with Gasteiger partial charge in [0.25, 0.3) is 0 Å². The normalized spacial score (nSPS) is 15.4. The van der Waals surface area contributed by atoms with Gasteiger partial charge in [-0.25, -0.2) is 0 Å². The summed E-state index contributed by atoms with van der Waals surface area (Å²) in [4.78, 5) is 32.5. The van der Waals surface area contributed by atoms with Crippen molar-refractivity contribution in [3.05, 3.63) is 58.9 Å². The Balaban J connectivity index is 1.44. The maximum atomic E-state index is 12.9. The molecule has 2 amide bonds. The van der Waals surface area contributed by atoms with E-state index in [1.807, 2.05) is 52.2 Å². The number of pyridine rings is 1. The van der Waals surface area contributed by atoms with Gasteiger partial charge in [-0.15, -0.1) is 0 Å². The van der Waals surface area contributed by atoms with E-state index in [1.165, 1.54) is 0 Å². The minimum absolute atomic E-state index is 0.0162. The molecule has 0 spiro atoms. The molecule has 0 saturated carbocycles. The van der Waals surface area contributed by atoms with Crippen molar-refractivity contribution in [3.63, 3.8) is 0 Å². The van der Waals surface area contributed by atoms with Gasteiger partial charge in [0.05, 0.1) is 5.52 Å². The smallest absolute Gasteiger partial charge is 0.245 e. The Bertz CT molecular complexity index is 947. The highest BCUT2D eigenvalue weighted by atomic mass is 32.1. The largest absolute Gasteiger partial charge is 0.367 e. The molecule has 4 rings (SSSR count). The van der Waals surface area contributed by atoms with Crippen molar-refractivity contribution in [3.8, 4) is 0 Å². The monoisotopic (exact) mass is 394 g/mol. The van der Waals surface area contributed by atoms with Crippen LogP contribution >= 0.6 is 11.3 Å². The number of piperazine rings is 1. The number of anilines is 1. The average molecular weight is 395 g/mol. The summed E-state index contributed by atoms with van der Waals surface area (Å²) in [6.07, 6.45) is 2.98. The Hall–Kier alpha value is -2.93. The summed E-state index contributed by atoms with van der Waals surface area (Å²) in [6, 6.07) is 11.6. The summed E-state index contributed by atoms with van der Waals surface area (Å²) in [5, 5.41) is 7.82. The zero-order valence-corrected chi connectivity index (χ0v) is 16.3. The molecule has 1 saturated heterocycles. The van der Waals surface area contributed by atoms with Crippen LogP contribution in [0.25, 0.3) is 10.9 Å². The first-order valence-corrected chi connectivity index (χ1v) is 10.3. The van der Waals surface area contributed by atoms with E-state index >= 15 is 0 Å². The first kappa shape index (κ1) is 18.4. The molecule has 1 atom stereocenters. The van der Waals surface area contributed by atoms with Crippen LogP contribution in [0.4, 0.5) is 5.69 Å². The summed E-state index contributed by atoms with van der Waals surface area (Å²) >= 11 is 1.59. The number of nitrogens with one attached hydrogen (secondary N) is 1. The SMILES string of the molecule is O=CNC(Cc1ccsc1)C(=O)N1CCN(c2ccnc3ccccc23)CC1. The fourth-order valence-electron chi connectivity index (χ4n) is 3.69. The van der Waals surface area contributed by atoms with Crippen LogP contribution in [0.15, 0.2) is 53.4 Å². The minimum Gasteiger partial charge on any atom is -0.367 e. The molecule has 0 bridgehead atoms. The van der Waals surface area contributed by atoms with Gasteiger partial charge in [-0.2, -0.15) is 11.3 Å². The van der Waals surface area contributed by atoms with Gasteiger partial charge >= 0.3 is 0 Å². The number of para-hydroxylation sites is 1. The number of thiophene rings is 1. The van der Waals surface area contributed by atoms with Crippen molar-refractivity contribution in [2.75, 3.05) is 31.1 Å². The van der Waals surface area contributed by atoms with Crippen LogP contribution in [0, 0.1) is 0 Å². The van der Waals surface area contributed by atoms with Crippen molar-refractivity contribution in [2.45, 2.75) is 12.5 Å². The van der Waals surface area contributed by atoms with E-state index in [1.54, 1.807) is 11.3 Å². The lowest BCUT2D eigenvalue weighted by atomic mass is 10.1. The number of benzene rings is 1. The summed E-state index contributed by atoms with van der Waals surface area (Å²) in [7, 11) is 0. The van der Waals surface area contributed by atoms with Gasteiger partial charge in [-0.1, -0.05) is 18.2 Å². The van der Waals surface area contributed by atoms with E-state index < -0.39 is 6.04 Å². The molecule has 1 fully saturated rings. The van der Waals surface area contributed by atoms with Crippen LogP contribution < -0.4 is 10.2 Å². The molecule has 0 aliphatic carbocycles. The van der Waals surface area contributed by atoms with Gasteiger partial charge in [0.1, 0.15) is 6.04 Å². The fourth-order valence-corrected chi connectivity index (χ4v) is 4.37. The lowest BCUT2D eigenvalue weighted by molar-refractivity contribution is -0.135. The summed E-state index contributed by atoms with van der Waals surface area (Å²) in [5.74, 6) is -0.0162. The average Bonchev–Trinajstić information content (AvgIpc) is 3.26. The van der Waals surface area contributed by atoms with E-state index in [4.69, 9.17) is 0 Å². The summed E-state index contributed by atoms with van der Waals surface area (Å²) < 4.78 is 0. The van der Waals surface area contributed by atoms with Crippen molar-refractivity contribution in [1.29, 1.82) is 0 Å². The maximum absolute atomic E-state index is 12.9. The third-order valence-corrected chi connectivity index (χ3v) is 5.88. The standard InChI is InChI=1S/C21H22N4O2S/c26-15-23-19(13-16-6-12-28-14-16)21(27)25-10-8-24(9-11-25)20-5-7-22-18-4-2-1-3-17(18)20/h1-7,12,14-15,19H,8-11,13H2,(H,23,26). The van der Waals surface area contributed by atoms with Gasteiger partial charge in [-0.05, 0) is 34.5 Å². The first-order valence-electron chi connectivity index (χ1n) is 9.34. The number of aromatic nitrogens is 1. The molecular formula is C21H22N4O2S. The van der Waals surface area contributed by atoms with Gasteiger partial charge in [0, 0.05) is 49.9 Å². The van der Waals surface area contributed by atoms with Crippen molar-refractivity contribution in [2.24, 2.45) is 0 Å². The number of rotatable bonds is 6. The van der Waals surface area contributed by atoms with E-state index in [-0.39, 0.29) is 5.91 Å². The number of fused-ring (bicyclic) bond motifs is 1. The number of nitrogens with zero attached hydrogens (tertiary/aromatic N) is 3. The number of hydrogen-bond acceptors (Lipinski definition) is 5. The number of hydrogen-bond donors (Lipinski definition) is 1. The molecule has 1 N–H and O–H groups in total. The van der Waals surface area contributed by atoms with Gasteiger partial charge in [-0.3, -0.25) is 14.6 Å². The van der Waals surface area contributed by atoms with Crippen molar-refractivity contribution < 1.29 is 9.59 Å². The van der Waals surface area contributed by atoms with Crippen LogP contribution in [0.2, 0.25) is 0 Å². The molecule has 7 heteroatoms. The quantitative estimate of drug-likeness (QED) is 0.652. The summed E-state index contributed by atoms with van der Waals surface area (Å²) in [5.41, 5.74) is 3.20. The number of amides is 2. The lowest BCUT2D eigenvalue weighted by Gasteiger charge is -2.37. The summed E-state index contributed by atoms with van der Waals surface area (Å²) in [6.45, 7) is 2.78. The van der Waals surface area contributed by atoms with E-state index in [9.17, 15) is 9.59 Å². The second-order valence-corrected chi connectivity index (χ2v) is 7.61. The molecule has 3 heterocycles. The number of carbonyl (C=O) groups is 2. The molecular weight excluding hydrogens is 372 g/mol. The Morgan fingerprint density at radius 1 is 1.18 bits per heavy atom. The Kier molecular flexibility index (Phi) is 5.53. The molecule has 28 heavy (non-hydrogen) atoms. The van der Waals surface area contributed by atoms with E-state index in [2.05, 4.69) is 21.3 Å². The second kappa shape index (κ2) is 8.39. The lowest BCUT2D eigenvalue weighted by Crippen LogP contribution is -2.54. The highest BCUT2D eigenvalue weighted by Crippen LogP contribution is 2.26. The van der Waals surface area contributed by atoms with Gasteiger partial charge in [0.2, 0.25) is 12.3 Å². The van der Waals surface area contributed by atoms with E-state index in [0.29, 0.717) is 25.9 Å². The number of carbonyl (C=O) groups excluding carboxylic acids is 2. The molecule has 1 unspecified atom stereocenters. The fraction of sp³-hybridized carbons (Fsp3) is 0.286. The van der Waals surface area contributed by atoms with Crippen LogP contribution in [-0.4, -0.2) is 54.4 Å². The van der Waals surface area contributed by atoms with Crippen LogP contribution in [-0.2, 0) is 16.0 Å². The predicted octanol–water partition coefficient (Wildman–Crippen LogP) is 2.30. The third kappa shape index (κ3) is 3.84. The zero-order chi connectivity index (χ0) is 19.3. The predicted molar refractivity (Wildman–Crippen MR) is 112 cm³/mol. The van der Waals surface area contributed by atoms with Gasteiger partial charge < -0.3 is 15.1 Å². The molecule has 2 aromatic heterocycles. The molecule has 3 aromatic rings. The molecule has 1 aromatic carbocycles. The van der Waals surface area contributed by atoms with Crippen molar-refractivity contribution in [1.82, 2.24) is 15.2 Å². The molecule has 6 nitrogen and oxygen atoms in total. The maximum Gasteiger partial charge on any atom is 0.245 e. The van der Waals surface area contributed by atoms with Crippen molar-refractivity contribution >= 4 is 40.2 Å². The zero-order valence-electron chi connectivity index (χ0n) is 15.5. The third-order valence-electron chi connectivity index (χ3n) is 5.15. The first-order chi connectivity index (χ1) is 13.8. The Morgan fingerprint density at radius 3 is 2.75 bits per heavy atom. The van der Waals surface area contributed by atoms with Gasteiger partial charge in [0.15, 0.2) is 0 Å². The minimum atomic E-state index is -0.514. The highest BCUT2D eigenvalue weighted by molar-refractivity contribution is 7.07. The van der Waals surface area contributed by atoms with Crippen LogP contribution in [0.5, 0.6) is 0 Å². The molecule has 0 radical (unpaired) electrons. The Morgan fingerprint density at radius 2 is 2.00 bits per heavy atom. The topological polar surface area (TPSA) is 65.5 Å².